The number of hydrogen-bond donors (Lipinski definition) is 0. The Kier molecular flexibility index (Phi) is 5.11. The fourth-order valence-corrected chi connectivity index (χ4v) is 1.58. The molecule has 19 heavy (non-hydrogen) atoms. The minimum Gasteiger partial charge on any atom is -0.358 e. The van der Waals surface area contributed by atoms with Crippen LogP contribution >= 0.6 is 0 Å². The van der Waals surface area contributed by atoms with E-state index in [0.29, 0.717) is 5.56 Å². The van der Waals surface area contributed by atoms with Crippen LogP contribution < -0.4 is 0 Å². The van der Waals surface area contributed by atoms with Gasteiger partial charge in [0.05, 0.1) is 0 Å². The van der Waals surface area contributed by atoms with Crippen LogP contribution in [-0.4, -0.2) is 24.2 Å². The van der Waals surface area contributed by atoms with Gasteiger partial charge in [-0.2, -0.15) is 13.2 Å². The smallest absolute Gasteiger partial charge is 0.358 e. The number of Topliss-reactive ketones (excluding diaryl/α,β-unsaturated/α-hetero) is 1. The lowest BCUT2D eigenvalue weighted by atomic mass is 10.0. The second-order valence-corrected chi connectivity index (χ2v) is 4.38. The van der Waals surface area contributed by atoms with Crippen LogP contribution in [0.25, 0.3) is 0 Å². The Morgan fingerprint density at radius 2 is 1.74 bits per heavy atom. The highest BCUT2D eigenvalue weighted by atomic mass is 19.4. The molecule has 0 radical (unpaired) electrons. The highest BCUT2D eigenvalue weighted by Crippen LogP contribution is 2.24. The van der Waals surface area contributed by atoms with Gasteiger partial charge in [0.2, 0.25) is 0 Å². The van der Waals surface area contributed by atoms with Gasteiger partial charge in [-0.25, -0.2) is 0 Å². The van der Waals surface area contributed by atoms with Crippen LogP contribution in [0.1, 0.15) is 36.7 Å². The minimum absolute atomic E-state index is 0.360. The van der Waals surface area contributed by atoms with Gasteiger partial charge < -0.3 is 4.74 Å². The Balaban J connectivity index is 2.71. The summed E-state index contributed by atoms with van der Waals surface area (Å²) < 4.78 is 41.7. The molecule has 0 amide bonds. The van der Waals surface area contributed by atoms with E-state index >= 15 is 0 Å². The van der Waals surface area contributed by atoms with Gasteiger partial charge in [-0.15, -0.1) is 0 Å². The van der Waals surface area contributed by atoms with Crippen molar-refractivity contribution in [3.63, 3.8) is 0 Å². The maximum absolute atomic E-state index is 12.3. The van der Waals surface area contributed by atoms with E-state index in [9.17, 15) is 18.0 Å². The van der Waals surface area contributed by atoms with Crippen LogP contribution in [-0.2, 0) is 11.2 Å². The summed E-state index contributed by atoms with van der Waals surface area (Å²) in [5.41, 5.74) is 1.42. The lowest BCUT2D eigenvalue weighted by molar-refractivity contribution is -0.219. The standard InChI is InChI=1S/C14H17F3O2/c1-4-11-5-7-12(8-6-11)13(18)9(2)19-10(3)14(15,16)17/h5-10H,4H2,1-3H3. The summed E-state index contributed by atoms with van der Waals surface area (Å²) in [4.78, 5) is 11.9. The summed E-state index contributed by atoms with van der Waals surface area (Å²) in [6.45, 7) is 4.20. The number of carbonyl (C=O) groups excluding carboxylic acids is 1. The van der Waals surface area contributed by atoms with Crippen LogP contribution in [0.2, 0.25) is 0 Å². The molecule has 2 atom stereocenters. The van der Waals surface area contributed by atoms with E-state index in [1.165, 1.54) is 6.92 Å². The van der Waals surface area contributed by atoms with E-state index in [2.05, 4.69) is 0 Å². The molecular formula is C14H17F3O2. The van der Waals surface area contributed by atoms with Crippen molar-refractivity contribution < 1.29 is 22.7 Å². The molecule has 0 heterocycles. The molecule has 1 rings (SSSR count). The highest BCUT2D eigenvalue weighted by Gasteiger charge is 2.38. The Hall–Kier alpha value is -1.36. The van der Waals surface area contributed by atoms with Gasteiger partial charge in [0.15, 0.2) is 11.9 Å². The molecule has 0 saturated carbocycles. The molecular weight excluding hydrogens is 257 g/mol. The van der Waals surface area contributed by atoms with Gasteiger partial charge in [0.25, 0.3) is 0 Å². The monoisotopic (exact) mass is 274 g/mol. The van der Waals surface area contributed by atoms with Gasteiger partial charge in [-0.1, -0.05) is 31.2 Å². The minimum atomic E-state index is -4.46. The molecule has 0 aliphatic heterocycles. The van der Waals surface area contributed by atoms with Crippen molar-refractivity contribution >= 4 is 5.78 Å². The van der Waals surface area contributed by atoms with E-state index in [1.54, 1.807) is 24.3 Å². The van der Waals surface area contributed by atoms with Crippen LogP contribution in [0.4, 0.5) is 13.2 Å². The van der Waals surface area contributed by atoms with Crippen molar-refractivity contribution in [1.29, 1.82) is 0 Å². The van der Waals surface area contributed by atoms with Gasteiger partial charge >= 0.3 is 6.18 Å². The number of hydrogen-bond acceptors (Lipinski definition) is 2. The van der Waals surface area contributed by atoms with E-state index < -0.39 is 24.2 Å². The van der Waals surface area contributed by atoms with Crippen LogP contribution in [0.3, 0.4) is 0 Å². The molecule has 0 aliphatic carbocycles. The zero-order valence-electron chi connectivity index (χ0n) is 11.1. The van der Waals surface area contributed by atoms with E-state index in [1.807, 2.05) is 6.92 Å². The fraction of sp³-hybridized carbons (Fsp3) is 0.500. The van der Waals surface area contributed by atoms with Gasteiger partial charge in [-0.3, -0.25) is 4.79 Å². The average molecular weight is 274 g/mol. The lowest BCUT2D eigenvalue weighted by Crippen LogP contribution is -2.34. The number of alkyl halides is 3. The van der Waals surface area contributed by atoms with Crippen molar-refractivity contribution in [2.24, 2.45) is 0 Å². The van der Waals surface area contributed by atoms with Crippen LogP contribution in [0.15, 0.2) is 24.3 Å². The number of aryl methyl sites for hydroxylation is 1. The highest BCUT2D eigenvalue weighted by molar-refractivity contribution is 5.99. The maximum Gasteiger partial charge on any atom is 0.414 e. The van der Waals surface area contributed by atoms with E-state index in [4.69, 9.17) is 4.74 Å². The Morgan fingerprint density at radius 1 is 1.21 bits per heavy atom. The first-order chi connectivity index (χ1) is 8.75. The first-order valence-electron chi connectivity index (χ1n) is 6.11. The number of carbonyl (C=O) groups is 1. The molecule has 0 fully saturated rings. The summed E-state index contributed by atoms with van der Waals surface area (Å²) in [6.07, 6.45) is -6.70. The number of benzene rings is 1. The largest absolute Gasteiger partial charge is 0.414 e. The summed E-state index contributed by atoms with van der Waals surface area (Å²) in [7, 11) is 0. The molecule has 0 N–H and O–H groups in total. The van der Waals surface area contributed by atoms with Crippen molar-refractivity contribution in [2.45, 2.75) is 45.6 Å². The zero-order valence-corrected chi connectivity index (χ0v) is 11.1. The first-order valence-corrected chi connectivity index (χ1v) is 6.11. The van der Waals surface area contributed by atoms with Crippen molar-refractivity contribution in [3.05, 3.63) is 35.4 Å². The predicted octanol–water partition coefficient (Wildman–Crippen LogP) is 3.79. The summed E-state index contributed by atoms with van der Waals surface area (Å²) in [5, 5.41) is 0. The van der Waals surface area contributed by atoms with Gasteiger partial charge in [-0.05, 0) is 25.8 Å². The van der Waals surface area contributed by atoms with Crippen LogP contribution in [0.5, 0.6) is 0 Å². The van der Waals surface area contributed by atoms with E-state index in [0.717, 1.165) is 18.9 Å². The summed E-state index contributed by atoms with van der Waals surface area (Å²) >= 11 is 0. The quantitative estimate of drug-likeness (QED) is 0.764. The third kappa shape index (κ3) is 4.35. The van der Waals surface area contributed by atoms with Crippen molar-refractivity contribution in [2.75, 3.05) is 0 Å². The maximum atomic E-state index is 12.3. The first kappa shape index (κ1) is 15.7. The van der Waals surface area contributed by atoms with Gasteiger partial charge in [0.1, 0.15) is 6.10 Å². The Labute approximate surface area is 110 Å². The molecule has 0 bridgehead atoms. The molecule has 0 spiro atoms. The third-order valence-electron chi connectivity index (χ3n) is 2.89. The van der Waals surface area contributed by atoms with E-state index in [-0.39, 0.29) is 0 Å². The fourth-order valence-electron chi connectivity index (χ4n) is 1.58. The summed E-state index contributed by atoms with van der Waals surface area (Å²) in [5.74, 6) is -0.446. The van der Waals surface area contributed by atoms with Crippen LogP contribution in [0, 0.1) is 0 Å². The Bertz CT molecular complexity index is 423. The number of rotatable bonds is 5. The molecule has 0 aliphatic rings. The molecule has 2 unspecified atom stereocenters. The second-order valence-electron chi connectivity index (χ2n) is 4.38. The molecule has 5 heteroatoms. The third-order valence-corrected chi connectivity index (χ3v) is 2.89. The average Bonchev–Trinajstić information content (AvgIpc) is 2.36. The second kappa shape index (κ2) is 6.19. The summed E-state index contributed by atoms with van der Waals surface area (Å²) in [6, 6.07) is 6.79. The number of ether oxygens (including phenoxy) is 1. The molecule has 0 aromatic heterocycles. The van der Waals surface area contributed by atoms with Gasteiger partial charge in [0, 0.05) is 5.56 Å². The number of ketones is 1. The molecule has 106 valence electrons. The Morgan fingerprint density at radius 3 is 2.16 bits per heavy atom. The normalized spacial score (nSPS) is 15.1. The molecule has 1 aromatic rings. The molecule has 0 saturated heterocycles. The zero-order chi connectivity index (χ0) is 14.6. The molecule has 2 nitrogen and oxygen atoms in total. The topological polar surface area (TPSA) is 26.3 Å². The SMILES string of the molecule is CCc1ccc(C(=O)C(C)OC(C)C(F)(F)F)cc1. The van der Waals surface area contributed by atoms with Crippen molar-refractivity contribution in [1.82, 2.24) is 0 Å². The number of halogens is 3. The van der Waals surface area contributed by atoms with Crippen molar-refractivity contribution in [3.8, 4) is 0 Å². The predicted molar refractivity (Wildman–Crippen MR) is 66.2 cm³/mol. The lowest BCUT2D eigenvalue weighted by Gasteiger charge is -2.20. The molecule has 1 aromatic carbocycles.